The number of nitrogens with zero attached hydrogens (tertiary/aromatic N) is 1. The lowest BCUT2D eigenvalue weighted by molar-refractivity contribution is 0.0950. The summed E-state index contributed by atoms with van der Waals surface area (Å²) in [5, 5.41) is 3.69. The Morgan fingerprint density at radius 2 is 1.57 bits per heavy atom. The largest absolute Gasteiger partial charge is 0.352 e. The summed E-state index contributed by atoms with van der Waals surface area (Å²) >= 11 is 7.50. The van der Waals surface area contributed by atoms with Gasteiger partial charge in [-0.05, 0) is 60.0 Å². The molecule has 0 atom stereocenters. The van der Waals surface area contributed by atoms with Gasteiger partial charge in [-0.1, -0.05) is 78.0 Å². The van der Waals surface area contributed by atoms with E-state index in [4.69, 9.17) is 11.6 Å². The third-order valence-corrected chi connectivity index (χ3v) is 7.28. The average Bonchev–Trinajstić information content (AvgIpc) is 3.00. The number of fused-ring (bicyclic) bond motifs is 2. The van der Waals surface area contributed by atoms with E-state index in [1.165, 1.54) is 0 Å². The highest BCUT2D eigenvalue weighted by molar-refractivity contribution is 7.99. The normalized spacial score (nSPS) is 12.5. The maximum atomic E-state index is 13.6. The average molecular weight is 499 g/mol. The topological polar surface area (TPSA) is 49.4 Å². The Bertz CT molecular complexity index is 1370. The van der Waals surface area contributed by atoms with Crippen molar-refractivity contribution in [1.82, 2.24) is 5.32 Å². The molecule has 0 fully saturated rings. The Labute approximate surface area is 213 Å². The third-order valence-electron chi connectivity index (χ3n) is 5.89. The van der Waals surface area contributed by atoms with Crippen LogP contribution in [0.4, 0.5) is 5.69 Å². The molecule has 0 aliphatic carbocycles. The molecule has 0 bridgehead atoms. The summed E-state index contributed by atoms with van der Waals surface area (Å²) in [6.45, 7) is 0.924. The van der Waals surface area contributed by atoms with Crippen LogP contribution in [-0.2, 0) is 13.0 Å². The van der Waals surface area contributed by atoms with Gasteiger partial charge in [0.2, 0.25) is 0 Å². The summed E-state index contributed by atoms with van der Waals surface area (Å²) in [4.78, 5) is 30.2. The number of rotatable bonds is 6. The number of halogens is 1. The van der Waals surface area contributed by atoms with Crippen molar-refractivity contribution in [2.75, 3.05) is 11.4 Å². The molecule has 1 N–H and O–H groups in total. The van der Waals surface area contributed by atoms with E-state index in [2.05, 4.69) is 5.32 Å². The van der Waals surface area contributed by atoms with Gasteiger partial charge in [0.1, 0.15) is 0 Å². The van der Waals surface area contributed by atoms with Crippen LogP contribution in [0.2, 0.25) is 5.02 Å². The van der Waals surface area contributed by atoms with E-state index in [-0.39, 0.29) is 11.8 Å². The Hall–Kier alpha value is -3.54. The highest BCUT2D eigenvalue weighted by Crippen LogP contribution is 2.42. The van der Waals surface area contributed by atoms with E-state index in [0.29, 0.717) is 35.7 Å². The number of nitrogens with one attached hydrogen (secondary N) is 1. The van der Waals surface area contributed by atoms with Crippen molar-refractivity contribution in [2.24, 2.45) is 0 Å². The second-order valence-electron chi connectivity index (χ2n) is 8.29. The minimum atomic E-state index is -0.166. The smallest absolute Gasteiger partial charge is 0.259 e. The SMILES string of the molecule is O=C(NCCc1ccc(Cl)cc1)c1ccc2c(c1)N(Cc1ccccc1)C(=O)c1ccccc1S2. The number of carbonyl (C=O) groups excluding carboxylic acids is 2. The van der Waals surface area contributed by atoms with Crippen molar-refractivity contribution in [3.8, 4) is 0 Å². The molecule has 4 aromatic carbocycles. The zero-order chi connectivity index (χ0) is 24.2. The van der Waals surface area contributed by atoms with Crippen molar-refractivity contribution >= 4 is 40.9 Å². The molecule has 0 saturated carbocycles. The number of amides is 2. The second kappa shape index (κ2) is 10.4. The van der Waals surface area contributed by atoms with E-state index in [1.807, 2.05) is 97.1 Å². The predicted molar refractivity (Wildman–Crippen MR) is 141 cm³/mol. The van der Waals surface area contributed by atoms with Crippen molar-refractivity contribution in [3.05, 3.63) is 124 Å². The first-order chi connectivity index (χ1) is 17.1. The molecular weight excluding hydrogens is 476 g/mol. The van der Waals surface area contributed by atoms with Crippen LogP contribution < -0.4 is 10.2 Å². The minimum absolute atomic E-state index is 0.0731. The molecule has 1 heterocycles. The standard InChI is InChI=1S/C29H23ClN2O2S/c30-23-13-10-20(11-14-23)16-17-31-28(33)22-12-15-27-25(18-22)32(19-21-6-2-1-3-7-21)29(34)24-8-4-5-9-26(24)35-27/h1-15,18H,16-17,19H2,(H,31,33). The summed E-state index contributed by atoms with van der Waals surface area (Å²) < 4.78 is 0. The van der Waals surface area contributed by atoms with E-state index in [0.717, 1.165) is 26.6 Å². The highest BCUT2D eigenvalue weighted by Gasteiger charge is 2.28. The van der Waals surface area contributed by atoms with Crippen LogP contribution in [0.5, 0.6) is 0 Å². The maximum Gasteiger partial charge on any atom is 0.259 e. The molecule has 2 amide bonds. The van der Waals surface area contributed by atoms with Crippen LogP contribution in [0.15, 0.2) is 107 Å². The molecule has 4 aromatic rings. The van der Waals surface area contributed by atoms with Crippen LogP contribution in [-0.4, -0.2) is 18.4 Å². The van der Waals surface area contributed by atoms with Gasteiger partial charge in [-0.2, -0.15) is 0 Å². The number of anilines is 1. The van der Waals surface area contributed by atoms with Crippen LogP contribution in [0.3, 0.4) is 0 Å². The molecule has 5 rings (SSSR count). The van der Waals surface area contributed by atoms with E-state index >= 15 is 0 Å². The molecule has 174 valence electrons. The Balaban J connectivity index is 1.41. The lowest BCUT2D eigenvalue weighted by atomic mass is 10.1. The molecule has 0 unspecified atom stereocenters. The summed E-state index contributed by atoms with van der Waals surface area (Å²) in [6, 6.07) is 30.7. The van der Waals surface area contributed by atoms with Gasteiger partial charge in [-0.3, -0.25) is 9.59 Å². The fourth-order valence-electron chi connectivity index (χ4n) is 4.06. The Kier molecular flexibility index (Phi) is 6.89. The van der Waals surface area contributed by atoms with Crippen molar-refractivity contribution in [1.29, 1.82) is 0 Å². The Morgan fingerprint density at radius 3 is 2.37 bits per heavy atom. The molecule has 0 radical (unpaired) electrons. The molecule has 4 nitrogen and oxygen atoms in total. The monoisotopic (exact) mass is 498 g/mol. The number of carbonyl (C=O) groups is 2. The van der Waals surface area contributed by atoms with Gasteiger partial charge in [0.15, 0.2) is 0 Å². The van der Waals surface area contributed by atoms with Gasteiger partial charge in [-0.15, -0.1) is 0 Å². The van der Waals surface area contributed by atoms with Crippen LogP contribution in [0, 0.1) is 0 Å². The van der Waals surface area contributed by atoms with E-state index in [1.54, 1.807) is 16.7 Å². The predicted octanol–water partition coefficient (Wildman–Crippen LogP) is 6.62. The molecular formula is C29H23ClN2O2S. The van der Waals surface area contributed by atoms with E-state index < -0.39 is 0 Å². The van der Waals surface area contributed by atoms with Gasteiger partial charge >= 0.3 is 0 Å². The van der Waals surface area contributed by atoms with Gasteiger partial charge in [0.25, 0.3) is 11.8 Å². The van der Waals surface area contributed by atoms with Crippen LogP contribution >= 0.6 is 23.4 Å². The summed E-state index contributed by atoms with van der Waals surface area (Å²) in [5.74, 6) is -0.239. The third kappa shape index (κ3) is 5.26. The quantitative estimate of drug-likeness (QED) is 0.325. The lowest BCUT2D eigenvalue weighted by Gasteiger charge is -2.24. The van der Waals surface area contributed by atoms with E-state index in [9.17, 15) is 9.59 Å². The van der Waals surface area contributed by atoms with Crippen LogP contribution in [0.1, 0.15) is 31.8 Å². The first-order valence-corrected chi connectivity index (χ1v) is 12.6. The summed E-state index contributed by atoms with van der Waals surface area (Å²) in [5.41, 5.74) is 4.06. The number of hydrogen-bond donors (Lipinski definition) is 1. The number of benzene rings is 4. The number of hydrogen-bond acceptors (Lipinski definition) is 3. The zero-order valence-electron chi connectivity index (χ0n) is 18.9. The van der Waals surface area contributed by atoms with Gasteiger partial charge in [-0.25, -0.2) is 0 Å². The molecule has 35 heavy (non-hydrogen) atoms. The van der Waals surface area contributed by atoms with Crippen LogP contribution in [0.25, 0.3) is 0 Å². The zero-order valence-corrected chi connectivity index (χ0v) is 20.5. The molecule has 0 spiro atoms. The first kappa shape index (κ1) is 23.2. The van der Waals surface area contributed by atoms with Crippen molar-refractivity contribution in [2.45, 2.75) is 22.8 Å². The maximum absolute atomic E-state index is 13.6. The molecule has 6 heteroatoms. The second-order valence-corrected chi connectivity index (χ2v) is 9.81. The minimum Gasteiger partial charge on any atom is -0.352 e. The van der Waals surface area contributed by atoms with Gasteiger partial charge in [0, 0.05) is 26.9 Å². The fraction of sp³-hybridized carbons (Fsp3) is 0.103. The summed E-state index contributed by atoms with van der Waals surface area (Å²) in [6.07, 6.45) is 0.706. The lowest BCUT2D eigenvalue weighted by Crippen LogP contribution is -2.31. The molecule has 0 saturated heterocycles. The highest BCUT2D eigenvalue weighted by atomic mass is 35.5. The molecule has 0 aromatic heterocycles. The summed E-state index contributed by atoms with van der Waals surface area (Å²) in [7, 11) is 0. The first-order valence-electron chi connectivity index (χ1n) is 11.4. The Morgan fingerprint density at radius 1 is 0.829 bits per heavy atom. The van der Waals surface area contributed by atoms with Crippen molar-refractivity contribution in [3.63, 3.8) is 0 Å². The van der Waals surface area contributed by atoms with Gasteiger partial charge < -0.3 is 10.2 Å². The van der Waals surface area contributed by atoms with Gasteiger partial charge in [0.05, 0.1) is 17.8 Å². The fourth-order valence-corrected chi connectivity index (χ4v) is 5.24. The molecule has 1 aliphatic heterocycles. The molecule has 1 aliphatic rings. The van der Waals surface area contributed by atoms with Crippen molar-refractivity contribution < 1.29 is 9.59 Å².